The minimum Gasteiger partial charge on any atom is -0.366 e. The molecule has 70 valence electrons. The molecule has 0 amide bonds. The van der Waals surface area contributed by atoms with Crippen LogP contribution in [0.3, 0.4) is 0 Å². The molecule has 0 bridgehead atoms. The molecule has 1 heterocycles. The van der Waals surface area contributed by atoms with E-state index < -0.39 is 0 Å². The molecular weight excluding hydrogens is 200 g/mol. The summed E-state index contributed by atoms with van der Waals surface area (Å²) in [6.07, 6.45) is 1.57. The summed E-state index contributed by atoms with van der Waals surface area (Å²) in [4.78, 5) is 3.85. The van der Waals surface area contributed by atoms with Gasteiger partial charge in [-0.25, -0.2) is 4.98 Å². The highest BCUT2D eigenvalue weighted by molar-refractivity contribution is 6.30. The Morgan fingerprint density at radius 1 is 1.07 bits per heavy atom. The van der Waals surface area contributed by atoms with Crippen LogP contribution in [0.4, 0.5) is 5.95 Å². The summed E-state index contributed by atoms with van der Waals surface area (Å²) in [5.41, 5.74) is 6.91. The molecule has 0 spiro atoms. The SMILES string of the molecule is Nc1ncc(-c2ccc(Cl)cc2)nn1. The Balaban J connectivity index is 2.40. The summed E-state index contributed by atoms with van der Waals surface area (Å²) in [7, 11) is 0. The highest BCUT2D eigenvalue weighted by atomic mass is 35.5. The summed E-state index contributed by atoms with van der Waals surface area (Å²) in [5, 5.41) is 8.24. The van der Waals surface area contributed by atoms with Crippen LogP contribution < -0.4 is 5.73 Å². The molecule has 2 aromatic rings. The van der Waals surface area contributed by atoms with Crippen LogP contribution in [0.1, 0.15) is 0 Å². The molecule has 0 radical (unpaired) electrons. The number of rotatable bonds is 1. The number of hydrogen-bond acceptors (Lipinski definition) is 4. The maximum atomic E-state index is 5.75. The molecule has 1 aromatic heterocycles. The third-order valence-corrected chi connectivity index (χ3v) is 1.97. The van der Waals surface area contributed by atoms with Crippen LogP contribution in [0.25, 0.3) is 11.3 Å². The first-order valence-corrected chi connectivity index (χ1v) is 4.34. The van der Waals surface area contributed by atoms with E-state index in [1.54, 1.807) is 18.3 Å². The Kier molecular flexibility index (Phi) is 2.28. The lowest BCUT2D eigenvalue weighted by molar-refractivity contribution is 0.993. The van der Waals surface area contributed by atoms with E-state index in [1.165, 1.54) is 0 Å². The third kappa shape index (κ3) is 1.80. The fourth-order valence-corrected chi connectivity index (χ4v) is 1.16. The normalized spacial score (nSPS) is 10.1. The Labute approximate surface area is 85.8 Å². The van der Waals surface area contributed by atoms with Crippen molar-refractivity contribution in [2.75, 3.05) is 5.73 Å². The van der Waals surface area contributed by atoms with Crippen LogP contribution >= 0.6 is 11.6 Å². The number of nitrogen functional groups attached to an aromatic ring is 1. The van der Waals surface area contributed by atoms with Gasteiger partial charge in [0.25, 0.3) is 0 Å². The highest BCUT2D eigenvalue weighted by Gasteiger charge is 1.99. The predicted octanol–water partition coefficient (Wildman–Crippen LogP) is 1.77. The molecule has 1 aromatic carbocycles. The summed E-state index contributed by atoms with van der Waals surface area (Å²) in [6.45, 7) is 0. The van der Waals surface area contributed by atoms with Gasteiger partial charge in [-0.05, 0) is 12.1 Å². The largest absolute Gasteiger partial charge is 0.366 e. The second kappa shape index (κ2) is 3.59. The number of aromatic nitrogens is 3. The van der Waals surface area contributed by atoms with Gasteiger partial charge in [0.1, 0.15) is 5.69 Å². The first-order valence-electron chi connectivity index (χ1n) is 3.97. The zero-order valence-corrected chi connectivity index (χ0v) is 7.94. The Morgan fingerprint density at radius 3 is 2.36 bits per heavy atom. The summed E-state index contributed by atoms with van der Waals surface area (Å²) < 4.78 is 0. The van der Waals surface area contributed by atoms with Crippen LogP contribution in [0.2, 0.25) is 5.02 Å². The van der Waals surface area contributed by atoms with Crippen molar-refractivity contribution in [3.63, 3.8) is 0 Å². The number of benzene rings is 1. The van der Waals surface area contributed by atoms with Crippen molar-refractivity contribution in [3.8, 4) is 11.3 Å². The van der Waals surface area contributed by atoms with E-state index >= 15 is 0 Å². The maximum Gasteiger partial charge on any atom is 0.240 e. The predicted molar refractivity (Wildman–Crippen MR) is 54.7 cm³/mol. The van der Waals surface area contributed by atoms with Crippen LogP contribution in [0.5, 0.6) is 0 Å². The fraction of sp³-hybridized carbons (Fsp3) is 0. The average molecular weight is 207 g/mol. The molecule has 4 nitrogen and oxygen atoms in total. The van der Waals surface area contributed by atoms with Gasteiger partial charge in [-0.2, -0.15) is 0 Å². The van der Waals surface area contributed by atoms with Crippen molar-refractivity contribution in [2.24, 2.45) is 0 Å². The van der Waals surface area contributed by atoms with Crippen molar-refractivity contribution in [3.05, 3.63) is 35.5 Å². The smallest absolute Gasteiger partial charge is 0.240 e. The topological polar surface area (TPSA) is 64.7 Å². The van der Waals surface area contributed by atoms with E-state index in [-0.39, 0.29) is 5.95 Å². The van der Waals surface area contributed by atoms with Crippen molar-refractivity contribution in [1.82, 2.24) is 15.2 Å². The number of anilines is 1. The van der Waals surface area contributed by atoms with E-state index in [0.717, 1.165) is 5.56 Å². The second-order valence-electron chi connectivity index (χ2n) is 2.71. The fourth-order valence-electron chi connectivity index (χ4n) is 1.04. The molecular formula is C9H7ClN4. The van der Waals surface area contributed by atoms with Crippen LogP contribution in [-0.2, 0) is 0 Å². The molecule has 0 saturated carbocycles. The molecule has 2 rings (SSSR count). The summed E-state index contributed by atoms with van der Waals surface area (Å²) >= 11 is 5.75. The van der Waals surface area contributed by atoms with Crippen molar-refractivity contribution >= 4 is 17.5 Å². The average Bonchev–Trinajstić information content (AvgIpc) is 2.21. The molecule has 0 atom stereocenters. The molecule has 0 aliphatic heterocycles. The van der Waals surface area contributed by atoms with Crippen molar-refractivity contribution in [2.45, 2.75) is 0 Å². The Morgan fingerprint density at radius 2 is 1.79 bits per heavy atom. The van der Waals surface area contributed by atoms with Gasteiger partial charge in [0, 0.05) is 10.6 Å². The Bertz CT molecular complexity index is 380. The minimum absolute atomic E-state index is 0.169. The molecule has 0 aliphatic rings. The molecule has 5 heteroatoms. The van der Waals surface area contributed by atoms with Gasteiger partial charge in [-0.3, -0.25) is 0 Å². The minimum atomic E-state index is 0.169. The third-order valence-electron chi connectivity index (χ3n) is 1.72. The lowest BCUT2D eigenvalue weighted by atomic mass is 10.2. The van der Waals surface area contributed by atoms with E-state index in [2.05, 4.69) is 15.2 Å². The Hall–Kier alpha value is -1.68. The molecule has 0 fully saturated rings. The molecule has 0 aliphatic carbocycles. The molecule has 0 saturated heterocycles. The lowest BCUT2D eigenvalue weighted by Gasteiger charge is -1.98. The zero-order chi connectivity index (χ0) is 9.97. The molecule has 2 N–H and O–H groups in total. The zero-order valence-electron chi connectivity index (χ0n) is 7.18. The van der Waals surface area contributed by atoms with Gasteiger partial charge in [0.05, 0.1) is 6.20 Å². The first-order chi connectivity index (χ1) is 6.75. The number of hydrogen-bond donors (Lipinski definition) is 1. The lowest BCUT2D eigenvalue weighted by Crippen LogP contribution is -1.97. The number of halogens is 1. The highest BCUT2D eigenvalue weighted by Crippen LogP contribution is 2.18. The van der Waals surface area contributed by atoms with Crippen LogP contribution in [-0.4, -0.2) is 15.2 Å². The second-order valence-corrected chi connectivity index (χ2v) is 3.14. The van der Waals surface area contributed by atoms with E-state index in [9.17, 15) is 0 Å². The molecule has 14 heavy (non-hydrogen) atoms. The standard InChI is InChI=1S/C9H7ClN4/c10-7-3-1-6(2-4-7)8-5-12-9(11)14-13-8/h1-5H,(H2,11,12,14). The van der Waals surface area contributed by atoms with Gasteiger partial charge in [0.2, 0.25) is 5.95 Å². The number of nitrogens with zero attached hydrogens (tertiary/aromatic N) is 3. The monoisotopic (exact) mass is 206 g/mol. The van der Waals surface area contributed by atoms with Gasteiger partial charge < -0.3 is 5.73 Å². The summed E-state index contributed by atoms with van der Waals surface area (Å²) in [6, 6.07) is 7.28. The quantitative estimate of drug-likeness (QED) is 0.773. The number of nitrogens with two attached hydrogens (primary N) is 1. The van der Waals surface area contributed by atoms with Crippen LogP contribution in [0, 0.1) is 0 Å². The first kappa shape index (κ1) is 8.90. The van der Waals surface area contributed by atoms with Crippen LogP contribution in [0.15, 0.2) is 30.5 Å². The van der Waals surface area contributed by atoms with Gasteiger partial charge >= 0.3 is 0 Å². The maximum absolute atomic E-state index is 5.75. The molecule has 0 unspecified atom stereocenters. The van der Waals surface area contributed by atoms with Gasteiger partial charge in [0.15, 0.2) is 0 Å². The van der Waals surface area contributed by atoms with E-state index in [1.807, 2.05) is 12.1 Å². The van der Waals surface area contributed by atoms with Gasteiger partial charge in [-0.15, -0.1) is 10.2 Å². The van der Waals surface area contributed by atoms with Crippen molar-refractivity contribution in [1.29, 1.82) is 0 Å². The van der Waals surface area contributed by atoms with E-state index in [4.69, 9.17) is 17.3 Å². The van der Waals surface area contributed by atoms with Gasteiger partial charge in [-0.1, -0.05) is 23.7 Å². The summed E-state index contributed by atoms with van der Waals surface area (Å²) in [5.74, 6) is 0.169. The van der Waals surface area contributed by atoms with E-state index in [0.29, 0.717) is 10.7 Å². The van der Waals surface area contributed by atoms with Crippen molar-refractivity contribution < 1.29 is 0 Å².